The van der Waals surface area contributed by atoms with Gasteiger partial charge in [0.1, 0.15) is 0 Å². The van der Waals surface area contributed by atoms with Crippen LogP contribution in [0.25, 0.3) is 0 Å². The van der Waals surface area contributed by atoms with Crippen LogP contribution in [0.1, 0.15) is 5.56 Å². The molecule has 0 amide bonds. The minimum Gasteiger partial charge on any atom is -0.358 e. The van der Waals surface area contributed by atoms with E-state index in [4.69, 9.17) is 0 Å². The highest BCUT2D eigenvalue weighted by atomic mass is 32.2. The van der Waals surface area contributed by atoms with Crippen LogP contribution >= 0.6 is 11.8 Å². The summed E-state index contributed by atoms with van der Waals surface area (Å²) in [4.78, 5) is -1.48. The molecule has 2 aromatic carbocycles. The van der Waals surface area contributed by atoms with Crippen LogP contribution < -0.4 is 5.32 Å². The van der Waals surface area contributed by atoms with Crippen molar-refractivity contribution in [1.82, 2.24) is 0 Å². The maximum Gasteiger partial charge on any atom is 0.425 e. The molecular formula is C14H10F3NS. The zero-order valence-electron chi connectivity index (χ0n) is 9.74. The highest BCUT2D eigenvalue weighted by molar-refractivity contribution is 8.01. The van der Waals surface area contributed by atoms with Crippen LogP contribution in [0.3, 0.4) is 0 Å². The van der Waals surface area contributed by atoms with Crippen molar-refractivity contribution in [3.8, 4) is 0 Å². The van der Waals surface area contributed by atoms with E-state index in [1.165, 1.54) is 12.1 Å². The minimum absolute atomic E-state index is 0.212. The fraction of sp³-hybridized carbons (Fsp3) is 0.143. The van der Waals surface area contributed by atoms with E-state index in [-0.39, 0.29) is 5.56 Å². The second-order valence-electron chi connectivity index (χ2n) is 4.27. The number of thioether (sulfide) groups is 1. The van der Waals surface area contributed by atoms with Crippen molar-refractivity contribution < 1.29 is 13.2 Å². The molecule has 0 fully saturated rings. The van der Waals surface area contributed by atoms with Gasteiger partial charge in [0.25, 0.3) is 0 Å². The molecule has 1 aliphatic heterocycles. The standard InChI is InChI=1S/C14H10F3NS/c15-14(16,17)13(10-6-2-1-3-7-10)18-11-8-4-5-9-12(11)19-13/h1-9,18H/t13-/m0/s1. The molecule has 0 spiro atoms. The average molecular weight is 281 g/mol. The summed E-state index contributed by atoms with van der Waals surface area (Å²) in [6, 6.07) is 14.8. The van der Waals surface area contributed by atoms with Crippen LogP contribution in [-0.2, 0) is 4.87 Å². The highest BCUT2D eigenvalue weighted by Crippen LogP contribution is 2.58. The van der Waals surface area contributed by atoms with Gasteiger partial charge in [0.05, 0.1) is 0 Å². The second-order valence-corrected chi connectivity index (χ2v) is 5.52. The zero-order chi connectivity index (χ0) is 13.5. The molecule has 0 radical (unpaired) electrons. The van der Waals surface area contributed by atoms with Crippen LogP contribution in [0.2, 0.25) is 0 Å². The van der Waals surface area contributed by atoms with E-state index < -0.39 is 11.0 Å². The van der Waals surface area contributed by atoms with E-state index in [1.54, 1.807) is 42.5 Å². The van der Waals surface area contributed by atoms with Crippen molar-refractivity contribution in [2.75, 3.05) is 5.32 Å². The summed E-state index contributed by atoms with van der Waals surface area (Å²) in [6.07, 6.45) is -4.39. The summed E-state index contributed by atoms with van der Waals surface area (Å²) >= 11 is 0.808. The Balaban J connectivity index is 2.13. The quantitative estimate of drug-likeness (QED) is 0.818. The molecule has 0 bridgehead atoms. The molecule has 0 aliphatic carbocycles. The number of alkyl halides is 3. The van der Waals surface area contributed by atoms with Gasteiger partial charge in [-0.25, -0.2) is 0 Å². The zero-order valence-corrected chi connectivity index (χ0v) is 10.6. The Morgan fingerprint density at radius 1 is 0.895 bits per heavy atom. The van der Waals surface area contributed by atoms with Crippen molar-refractivity contribution in [2.24, 2.45) is 0 Å². The number of nitrogens with one attached hydrogen (secondary N) is 1. The summed E-state index contributed by atoms with van der Waals surface area (Å²) in [6.45, 7) is 0. The summed E-state index contributed by atoms with van der Waals surface area (Å²) < 4.78 is 40.7. The Morgan fingerprint density at radius 2 is 1.53 bits per heavy atom. The van der Waals surface area contributed by atoms with Crippen LogP contribution in [0.15, 0.2) is 59.5 Å². The Bertz CT molecular complexity index is 570. The third-order valence-corrected chi connectivity index (χ3v) is 4.49. The maximum atomic E-state index is 13.6. The molecule has 98 valence electrons. The Labute approximate surface area is 112 Å². The molecule has 1 atom stereocenters. The third kappa shape index (κ3) is 1.89. The fourth-order valence-corrected chi connectivity index (χ4v) is 3.37. The molecule has 1 aliphatic rings. The van der Waals surface area contributed by atoms with E-state index in [1.807, 2.05) is 0 Å². The molecule has 19 heavy (non-hydrogen) atoms. The summed E-state index contributed by atoms with van der Waals surface area (Å²) in [5.74, 6) is 0. The SMILES string of the molecule is FC(F)(F)[C@@]1(c2ccccc2)Nc2ccccc2S1. The Morgan fingerprint density at radius 3 is 2.16 bits per heavy atom. The van der Waals surface area contributed by atoms with E-state index in [9.17, 15) is 13.2 Å². The molecule has 1 nitrogen and oxygen atoms in total. The molecule has 5 heteroatoms. The molecule has 0 saturated heterocycles. The van der Waals surface area contributed by atoms with Gasteiger partial charge in [-0.05, 0) is 17.7 Å². The van der Waals surface area contributed by atoms with Gasteiger partial charge < -0.3 is 5.32 Å². The smallest absolute Gasteiger partial charge is 0.358 e. The molecule has 3 rings (SSSR count). The lowest BCUT2D eigenvalue weighted by Gasteiger charge is -2.31. The van der Waals surface area contributed by atoms with Crippen LogP contribution in [0.5, 0.6) is 0 Å². The number of halogens is 3. The maximum absolute atomic E-state index is 13.6. The van der Waals surface area contributed by atoms with Crippen LogP contribution in [-0.4, -0.2) is 6.18 Å². The van der Waals surface area contributed by atoms with E-state index in [0.717, 1.165) is 11.8 Å². The van der Waals surface area contributed by atoms with Gasteiger partial charge in [0, 0.05) is 10.6 Å². The summed E-state index contributed by atoms with van der Waals surface area (Å²) in [7, 11) is 0. The molecular weight excluding hydrogens is 271 g/mol. The predicted molar refractivity (Wildman–Crippen MR) is 70.1 cm³/mol. The first kappa shape index (κ1) is 12.4. The highest BCUT2D eigenvalue weighted by Gasteiger charge is 2.60. The first-order valence-corrected chi connectivity index (χ1v) is 6.53. The predicted octanol–water partition coefficient (Wildman–Crippen LogP) is 4.62. The lowest BCUT2D eigenvalue weighted by Crippen LogP contribution is -2.43. The van der Waals surface area contributed by atoms with E-state index in [2.05, 4.69) is 5.32 Å². The van der Waals surface area contributed by atoms with Crippen molar-refractivity contribution in [2.45, 2.75) is 15.9 Å². The second kappa shape index (κ2) is 4.20. The Hall–Kier alpha value is -1.62. The number of fused-ring (bicyclic) bond motifs is 1. The molecule has 0 aromatic heterocycles. The summed E-state index contributed by atoms with van der Waals surface area (Å²) in [5, 5.41) is 2.64. The van der Waals surface area contributed by atoms with Gasteiger partial charge in [-0.15, -0.1) is 0 Å². The number of anilines is 1. The van der Waals surface area contributed by atoms with Crippen molar-refractivity contribution >= 4 is 17.4 Å². The fourth-order valence-electron chi connectivity index (χ4n) is 2.14. The van der Waals surface area contributed by atoms with Gasteiger partial charge in [0.2, 0.25) is 4.87 Å². The number of hydrogen-bond acceptors (Lipinski definition) is 2. The van der Waals surface area contributed by atoms with Gasteiger partial charge in [-0.3, -0.25) is 0 Å². The summed E-state index contributed by atoms with van der Waals surface area (Å²) in [5.41, 5.74) is 0.734. The van der Waals surface area contributed by atoms with Crippen LogP contribution in [0, 0.1) is 0 Å². The minimum atomic E-state index is -4.39. The number of para-hydroxylation sites is 1. The number of rotatable bonds is 1. The van der Waals surface area contributed by atoms with E-state index >= 15 is 0 Å². The van der Waals surface area contributed by atoms with Gasteiger partial charge in [-0.2, -0.15) is 13.2 Å². The van der Waals surface area contributed by atoms with Crippen LogP contribution in [0.4, 0.5) is 18.9 Å². The van der Waals surface area contributed by atoms with Crippen molar-refractivity contribution in [3.05, 3.63) is 60.2 Å². The normalized spacial score (nSPS) is 21.8. The first-order chi connectivity index (χ1) is 9.03. The van der Waals surface area contributed by atoms with Gasteiger partial charge in [0.15, 0.2) is 0 Å². The topological polar surface area (TPSA) is 12.0 Å². The molecule has 0 unspecified atom stereocenters. The average Bonchev–Trinajstić information content (AvgIpc) is 2.80. The molecule has 1 N–H and O–H groups in total. The first-order valence-electron chi connectivity index (χ1n) is 5.71. The Kier molecular flexibility index (Phi) is 2.74. The molecule has 1 heterocycles. The van der Waals surface area contributed by atoms with Gasteiger partial charge >= 0.3 is 6.18 Å². The monoisotopic (exact) mass is 281 g/mol. The third-order valence-electron chi connectivity index (χ3n) is 3.04. The molecule has 2 aromatic rings. The number of benzene rings is 2. The van der Waals surface area contributed by atoms with Crippen molar-refractivity contribution in [3.63, 3.8) is 0 Å². The van der Waals surface area contributed by atoms with Crippen molar-refractivity contribution in [1.29, 1.82) is 0 Å². The lowest BCUT2D eigenvalue weighted by molar-refractivity contribution is -0.154. The largest absolute Gasteiger partial charge is 0.425 e. The number of hydrogen-bond donors (Lipinski definition) is 1. The van der Waals surface area contributed by atoms with Gasteiger partial charge in [-0.1, -0.05) is 54.2 Å². The van der Waals surface area contributed by atoms with E-state index in [0.29, 0.717) is 10.6 Å². The lowest BCUT2D eigenvalue weighted by atomic mass is 10.1. The molecule has 0 saturated carbocycles.